The molecule has 1 rings (SSSR count). The van der Waals surface area contributed by atoms with Crippen molar-refractivity contribution in [2.24, 2.45) is 0 Å². The third kappa shape index (κ3) is 1.29. The maximum Gasteiger partial charge on any atom is 0.112 e. The SMILES string of the molecule is S=c1cnncs1. The maximum atomic E-state index is 4.73. The van der Waals surface area contributed by atoms with Gasteiger partial charge in [0.15, 0.2) is 0 Å². The second-order valence-electron chi connectivity index (χ2n) is 0.902. The minimum Gasteiger partial charge on any atom is -0.156 e. The molecule has 2 nitrogen and oxygen atoms in total. The molecule has 0 fully saturated rings. The van der Waals surface area contributed by atoms with Gasteiger partial charge in [-0.3, -0.25) is 0 Å². The molecule has 0 spiro atoms. The van der Waals surface area contributed by atoms with E-state index in [1.165, 1.54) is 11.3 Å². The Kier molecular flexibility index (Phi) is 1.43. The van der Waals surface area contributed by atoms with Crippen molar-refractivity contribution in [3.05, 3.63) is 15.5 Å². The molecular formula is C3H2N2S2. The average Bonchev–Trinajstić information content (AvgIpc) is 1.69. The van der Waals surface area contributed by atoms with Crippen LogP contribution in [0.15, 0.2) is 11.7 Å². The van der Waals surface area contributed by atoms with Gasteiger partial charge in [-0.1, -0.05) is 12.2 Å². The van der Waals surface area contributed by atoms with Gasteiger partial charge in [0.1, 0.15) is 9.33 Å². The Morgan fingerprint density at radius 1 is 1.57 bits per heavy atom. The van der Waals surface area contributed by atoms with Gasteiger partial charge in [-0.2, -0.15) is 5.10 Å². The highest BCUT2D eigenvalue weighted by Crippen LogP contribution is 1.90. The fraction of sp³-hybridized carbons (Fsp3) is 0. The molecule has 0 unspecified atom stereocenters. The third-order valence-corrected chi connectivity index (χ3v) is 1.38. The van der Waals surface area contributed by atoms with Crippen LogP contribution in [0.2, 0.25) is 0 Å². The fourth-order valence-corrected chi connectivity index (χ4v) is 0.703. The standard InChI is InChI=1S/C3H2N2S2/c6-3-1-4-5-2-7-3/h1-2H. The van der Waals surface area contributed by atoms with E-state index in [-0.39, 0.29) is 0 Å². The van der Waals surface area contributed by atoms with E-state index in [0.29, 0.717) is 0 Å². The molecule has 7 heavy (non-hydrogen) atoms. The highest BCUT2D eigenvalue weighted by atomic mass is 32.1. The lowest BCUT2D eigenvalue weighted by molar-refractivity contribution is 1.05. The van der Waals surface area contributed by atoms with Gasteiger partial charge in [-0.05, 0) is 0 Å². The normalized spacial score (nSPS) is 8.57. The van der Waals surface area contributed by atoms with Crippen LogP contribution >= 0.6 is 23.6 Å². The Balaban J connectivity index is 3.28. The first-order valence-corrected chi connectivity index (χ1v) is 2.94. The fourth-order valence-electron chi connectivity index (χ4n) is 0.214. The van der Waals surface area contributed by atoms with E-state index in [1.807, 2.05) is 0 Å². The van der Waals surface area contributed by atoms with Crippen LogP contribution in [0.1, 0.15) is 0 Å². The smallest absolute Gasteiger partial charge is 0.112 e. The molecule has 4 heteroatoms. The van der Waals surface area contributed by atoms with Crippen LogP contribution in [-0.4, -0.2) is 10.2 Å². The summed E-state index contributed by atoms with van der Waals surface area (Å²) in [6.07, 6.45) is 1.56. The zero-order chi connectivity index (χ0) is 5.11. The van der Waals surface area contributed by atoms with Gasteiger partial charge in [0, 0.05) is 0 Å². The average molecular weight is 130 g/mol. The second kappa shape index (κ2) is 2.09. The van der Waals surface area contributed by atoms with Crippen molar-refractivity contribution in [3.8, 4) is 0 Å². The summed E-state index contributed by atoms with van der Waals surface area (Å²) in [5.41, 5.74) is 1.61. The molecule has 0 N–H and O–H groups in total. The van der Waals surface area contributed by atoms with Crippen molar-refractivity contribution in [1.82, 2.24) is 10.2 Å². The van der Waals surface area contributed by atoms with Gasteiger partial charge in [0.2, 0.25) is 0 Å². The summed E-state index contributed by atoms with van der Waals surface area (Å²) in [5, 5.41) is 7.09. The lowest BCUT2D eigenvalue weighted by atomic mass is 11.0. The van der Waals surface area contributed by atoms with Crippen molar-refractivity contribution >= 4 is 23.6 Å². The molecular weight excluding hydrogens is 128 g/mol. The van der Waals surface area contributed by atoms with E-state index >= 15 is 0 Å². The molecule has 0 amide bonds. The first-order valence-electron chi connectivity index (χ1n) is 1.65. The number of nitrogens with zero attached hydrogens (tertiary/aromatic N) is 2. The molecule has 0 saturated heterocycles. The molecule has 0 aliphatic heterocycles. The lowest BCUT2D eigenvalue weighted by Crippen LogP contribution is -1.69. The Hall–Kier alpha value is -0.350. The monoisotopic (exact) mass is 130 g/mol. The largest absolute Gasteiger partial charge is 0.156 e. The highest BCUT2D eigenvalue weighted by Gasteiger charge is 1.70. The quantitative estimate of drug-likeness (QED) is 0.494. The molecule has 1 aromatic heterocycles. The summed E-state index contributed by atoms with van der Waals surface area (Å²) >= 11 is 6.14. The van der Waals surface area contributed by atoms with Crippen molar-refractivity contribution in [2.75, 3.05) is 0 Å². The molecule has 0 saturated carbocycles. The third-order valence-electron chi connectivity index (χ3n) is 0.446. The molecule has 1 aromatic rings. The first-order chi connectivity index (χ1) is 3.39. The number of aromatic nitrogens is 2. The zero-order valence-corrected chi connectivity index (χ0v) is 5.00. The van der Waals surface area contributed by atoms with Crippen molar-refractivity contribution in [1.29, 1.82) is 0 Å². The van der Waals surface area contributed by atoms with E-state index in [2.05, 4.69) is 10.2 Å². The van der Waals surface area contributed by atoms with Crippen LogP contribution in [0, 0.1) is 3.82 Å². The van der Waals surface area contributed by atoms with E-state index in [0.717, 1.165) is 3.82 Å². The molecule has 0 radical (unpaired) electrons. The summed E-state index contributed by atoms with van der Waals surface area (Å²) < 4.78 is 0.773. The number of hydrogen-bond donors (Lipinski definition) is 0. The Bertz CT molecular complexity index is 177. The van der Waals surface area contributed by atoms with Crippen LogP contribution in [0.4, 0.5) is 0 Å². The van der Waals surface area contributed by atoms with Crippen molar-refractivity contribution in [3.63, 3.8) is 0 Å². The summed E-state index contributed by atoms with van der Waals surface area (Å²) in [7, 11) is 0. The Labute approximate surface area is 49.8 Å². The predicted octanol–water partition coefficient (Wildman–Crippen LogP) is 1.27. The number of rotatable bonds is 0. The molecule has 1 heterocycles. The second-order valence-corrected chi connectivity index (χ2v) is 2.49. The van der Waals surface area contributed by atoms with Crippen LogP contribution in [0.5, 0.6) is 0 Å². The zero-order valence-electron chi connectivity index (χ0n) is 3.37. The minimum absolute atomic E-state index is 0.773. The predicted molar refractivity (Wildman–Crippen MR) is 30.7 cm³/mol. The first kappa shape index (κ1) is 4.80. The summed E-state index contributed by atoms with van der Waals surface area (Å²) in [5.74, 6) is 0. The topological polar surface area (TPSA) is 25.8 Å². The Morgan fingerprint density at radius 3 is 2.71 bits per heavy atom. The molecule has 0 aliphatic carbocycles. The summed E-state index contributed by atoms with van der Waals surface area (Å²) in [6.45, 7) is 0. The molecule has 0 bridgehead atoms. The Morgan fingerprint density at radius 2 is 2.43 bits per heavy atom. The van der Waals surface area contributed by atoms with Crippen molar-refractivity contribution in [2.45, 2.75) is 0 Å². The molecule has 0 aromatic carbocycles. The van der Waals surface area contributed by atoms with Gasteiger partial charge >= 0.3 is 0 Å². The van der Waals surface area contributed by atoms with Gasteiger partial charge in [-0.15, -0.1) is 16.4 Å². The van der Waals surface area contributed by atoms with Gasteiger partial charge in [0.05, 0.1) is 6.20 Å². The van der Waals surface area contributed by atoms with Crippen LogP contribution in [0.25, 0.3) is 0 Å². The maximum absolute atomic E-state index is 4.73. The highest BCUT2D eigenvalue weighted by molar-refractivity contribution is 7.73. The van der Waals surface area contributed by atoms with Crippen LogP contribution < -0.4 is 0 Å². The van der Waals surface area contributed by atoms with E-state index in [9.17, 15) is 0 Å². The van der Waals surface area contributed by atoms with Gasteiger partial charge in [-0.25, -0.2) is 0 Å². The van der Waals surface area contributed by atoms with Crippen LogP contribution in [-0.2, 0) is 0 Å². The molecule has 0 aliphatic rings. The van der Waals surface area contributed by atoms with E-state index < -0.39 is 0 Å². The van der Waals surface area contributed by atoms with E-state index in [1.54, 1.807) is 11.7 Å². The minimum atomic E-state index is 0.773. The molecule has 0 atom stereocenters. The van der Waals surface area contributed by atoms with Crippen molar-refractivity contribution < 1.29 is 0 Å². The van der Waals surface area contributed by atoms with Crippen LogP contribution in [0.3, 0.4) is 0 Å². The lowest BCUT2D eigenvalue weighted by Gasteiger charge is -1.71. The molecule has 36 valence electrons. The summed E-state index contributed by atoms with van der Waals surface area (Å²) in [4.78, 5) is 0. The van der Waals surface area contributed by atoms with Gasteiger partial charge < -0.3 is 0 Å². The number of hydrogen-bond acceptors (Lipinski definition) is 4. The van der Waals surface area contributed by atoms with Gasteiger partial charge in [0.25, 0.3) is 0 Å². The van der Waals surface area contributed by atoms with E-state index in [4.69, 9.17) is 12.2 Å². The summed E-state index contributed by atoms with van der Waals surface area (Å²) in [6, 6.07) is 0.